The van der Waals surface area contributed by atoms with Crippen molar-refractivity contribution in [2.45, 2.75) is 43.0 Å². The summed E-state index contributed by atoms with van der Waals surface area (Å²) < 4.78 is 24.8. The zero-order chi connectivity index (χ0) is 24.4. The van der Waals surface area contributed by atoms with E-state index in [1.54, 1.807) is 59.6 Å². The van der Waals surface area contributed by atoms with Crippen molar-refractivity contribution in [2.24, 2.45) is 5.92 Å². The second-order valence-electron chi connectivity index (χ2n) is 9.27. The molecule has 0 aliphatic heterocycles. The molecule has 2 saturated carbocycles. The predicted octanol–water partition coefficient (Wildman–Crippen LogP) is 4.26. The Kier molecular flexibility index (Phi) is 6.38. The smallest absolute Gasteiger partial charge is 0.259 e. The van der Waals surface area contributed by atoms with Crippen LogP contribution >= 0.6 is 0 Å². The fraction of sp³-hybridized carbons (Fsp3) is 0.296. The van der Waals surface area contributed by atoms with E-state index in [2.05, 4.69) is 10.3 Å². The van der Waals surface area contributed by atoms with Gasteiger partial charge in [0, 0.05) is 23.5 Å². The monoisotopic (exact) mass is 489 g/mol. The van der Waals surface area contributed by atoms with E-state index in [4.69, 9.17) is 0 Å². The Morgan fingerprint density at radius 3 is 2.23 bits per heavy atom. The minimum absolute atomic E-state index is 0.110. The third kappa shape index (κ3) is 5.77. The third-order valence-corrected chi connectivity index (χ3v) is 8.14. The van der Waals surface area contributed by atoms with E-state index in [1.807, 2.05) is 18.2 Å². The summed E-state index contributed by atoms with van der Waals surface area (Å²) in [6, 6.07) is 19.0. The van der Waals surface area contributed by atoms with Crippen molar-refractivity contribution >= 4 is 33.2 Å². The summed E-state index contributed by atoms with van der Waals surface area (Å²) in [7, 11) is -3.26. The van der Waals surface area contributed by atoms with E-state index < -0.39 is 9.84 Å². The molecule has 1 N–H and O–H groups in total. The zero-order valence-electron chi connectivity index (χ0n) is 19.3. The molecule has 0 saturated heterocycles. The normalized spacial score (nSPS) is 15.4. The lowest BCUT2D eigenvalue weighted by Gasteiger charge is -2.21. The maximum Gasteiger partial charge on any atom is 0.259 e. The van der Waals surface area contributed by atoms with Gasteiger partial charge in [-0.1, -0.05) is 18.2 Å². The van der Waals surface area contributed by atoms with Crippen LogP contribution in [-0.2, 0) is 21.1 Å². The molecule has 2 aromatic carbocycles. The number of benzene rings is 2. The molecule has 0 bridgehead atoms. The van der Waals surface area contributed by atoms with Gasteiger partial charge in [-0.15, -0.1) is 0 Å². The van der Waals surface area contributed by atoms with Gasteiger partial charge in [-0.05, 0) is 85.7 Å². The van der Waals surface area contributed by atoms with Gasteiger partial charge in [0.25, 0.3) is 5.91 Å². The maximum atomic E-state index is 13.1. The zero-order valence-corrected chi connectivity index (χ0v) is 20.1. The summed E-state index contributed by atoms with van der Waals surface area (Å²) in [5.74, 6) is 0.806. The number of nitrogens with one attached hydrogen (secondary N) is 1. The largest absolute Gasteiger partial charge is 0.326 e. The van der Waals surface area contributed by atoms with Crippen LogP contribution in [0.3, 0.4) is 0 Å². The molecule has 2 amide bonds. The average Bonchev–Trinajstić information content (AvgIpc) is 3.78. The summed E-state index contributed by atoms with van der Waals surface area (Å²) >= 11 is 0. The number of sulfone groups is 1. The molecule has 0 unspecified atom stereocenters. The molecule has 8 heteroatoms. The Morgan fingerprint density at radius 1 is 0.914 bits per heavy atom. The maximum absolute atomic E-state index is 13.1. The van der Waals surface area contributed by atoms with Crippen molar-refractivity contribution in [1.82, 2.24) is 4.98 Å². The van der Waals surface area contributed by atoms with E-state index in [1.165, 1.54) is 0 Å². The number of carbonyl (C=O) groups excluding carboxylic acids is 2. The number of carbonyl (C=O) groups is 2. The van der Waals surface area contributed by atoms with Gasteiger partial charge in [0.1, 0.15) is 5.82 Å². The molecule has 0 spiro atoms. The second kappa shape index (κ2) is 9.62. The number of anilines is 2. The summed E-state index contributed by atoms with van der Waals surface area (Å²) in [4.78, 5) is 32.0. The van der Waals surface area contributed by atoms with Gasteiger partial charge in [-0.2, -0.15) is 0 Å². The fourth-order valence-corrected chi connectivity index (χ4v) is 5.71. The van der Waals surface area contributed by atoms with Crippen LogP contribution in [0.2, 0.25) is 0 Å². The van der Waals surface area contributed by atoms with Crippen LogP contribution in [0.1, 0.15) is 41.6 Å². The Labute approximate surface area is 205 Å². The van der Waals surface area contributed by atoms with Crippen LogP contribution in [0.4, 0.5) is 11.5 Å². The second-order valence-corrected chi connectivity index (χ2v) is 11.3. The van der Waals surface area contributed by atoms with Gasteiger partial charge in [-0.25, -0.2) is 13.4 Å². The first kappa shape index (κ1) is 23.2. The van der Waals surface area contributed by atoms with Crippen LogP contribution in [0.25, 0.3) is 0 Å². The Bertz CT molecular complexity index is 1320. The first-order valence-corrected chi connectivity index (χ1v) is 13.5. The molecular formula is C27H27N3O4S. The van der Waals surface area contributed by atoms with Crippen LogP contribution < -0.4 is 10.2 Å². The lowest BCUT2D eigenvalue weighted by Crippen LogP contribution is -2.33. The van der Waals surface area contributed by atoms with Gasteiger partial charge in [0.15, 0.2) is 9.84 Å². The number of hydrogen-bond acceptors (Lipinski definition) is 5. The highest BCUT2D eigenvalue weighted by Crippen LogP contribution is 2.33. The average molecular weight is 490 g/mol. The minimum Gasteiger partial charge on any atom is -0.326 e. The molecule has 1 aromatic heterocycles. The highest BCUT2D eigenvalue weighted by molar-refractivity contribution is 7.91. The van der Waals surface area contributed by atoms with E-state index >= 15 is 0 Å². The standard InChI is InChI=1S/C27H27N3O4S/c31-26(17-19-6-14-24(15-7-19)35(33,34)18-20-4-5-20)29-22-10-8-21(9-11-22)27(32)30(23-12-13-23)25-3-1-2-16-28-25/h1-3,6-11,14-16,20,23H,4-5,12-13,17-18H2,(H,29,31). The van der Waals surface area contributed by atoms with Gasteiger partial charge in [0.05, 0.1) is 17.1 Å². The lowest BCUT2D eigenvalue weighted by molar-refractivity contribution is -0.115. The van der Waals surface area contributed by atoms with Crippen LogP contribution in [0.5, 0.6) is 0 Å². The van der Waals surface area contributed by atoms with Crippen molar-refractivity contribution in [1.29, 1.82) is 0 Å². The SMILES string of the molecule is O=C(Cc1ccc(S(=O)(=O)CC2CC2)cc1)Nc1ccc(C(=O)N(c2ccccn2)C2CC2)cc1. The van der Waals surface area contributed by atoms with E-state index in [-0.39, 0.29) is 30.0 Å². The Hall–Kier alpha value is -3.52. The van der Waals surface area contributed by atoms with Crippen molar-refractivity contribution in [3.63, 3.8) is 0 Å². The third-order valence-electron chi connectivity index (χ3n) is 6.24. The van der Waals surface area contributed by atoms with Crippen molar-refractivity contribution in [3.05, 3.63) is 84.1 Å². The summed E-state index contributed by atoms with van der Waals surface area (Å²) in [6.45, 7) is 0. The molecule has 0 radical (unpaired) electrons. The number of rotatable bonds is 9. The van der Waals surface area contributed by atoms with E-state index in [0.29, 0.717) is 27.9 Å². The molecular weight excluding hydrogens is 462 g/mol. The number of pyridine rings is 1. The number of nitrogens with zero attached hydrogens (tertiary/aromatic N) is 2. The molecule has 3 aromatic rings. The molecule has 2 aliphatic rings. The molecule has 2 fully saturated rings. The van der Waals surface area contributed by atoms with Crippen molar-refractivity contribution in [2.75, 3.05) is 16.0 Å². The minimum atomic E-state index is -3.26. The van der Waals surface area contributed by atoms with Crippen molar-refractivity contribution in [3.8, 4) is 0 Å². The fourth-order valence-electron chi connectivity index (χ4n) is 4.02. The summed E-state index contributed by atoms with van der Waals surface area (Å²) in [5.41, 5.74) is 1.85. The Balaban J connectivity index is 1.19. The van der Waals surface area contributed by atoms with E-state index in [9.17, 15) is 18.0 Å². The molecule has 0 atom stereocenters. The highest BCUT2D eigenvalue weighted by Gasteiger charge is 2.35. The predicted molar refractivity (Wildman–Crippen MR) is 134 cm³/mol. The van der Waals surface area contributed by atoms with Crippen molar-refractivity contribution < 1.29 is 18.0 Å². The molecule has 35 heavy (non-hydrogen) atoms. The Morgan fingerprint density at radius 2 is 1.63 bits per heavy atom. The van der Waals surface area contributed by atoms with Gasteiger partial charge >= 0.3 is 0 Å². The number of amides is 2. The van der Waals surface area contributed by atoms with Crippen LogP contribution in [0.15, 0.2) is 77.8 Å². The van der Waals surface area contributed by atoms with E-state index in [0.717, 1.165) is 31.2 Å². The molecule has 5 rings (SSSR count). The highest BCUT2D eigenvalue weighted by atomic mass is 32.2. The van der Waals surface area contributed by atoms with Gasteiger partial charge < -0.3 is 5.32 Å². The number of hydrogen-bond donors (Lipinski definition) is 1. The number of aromatic nitrogens is 1. The first-order chi connectivity index (χ1) is 16.9. The molecule has 1 heterocycles. The van der Waals surface area contributed by atoms with Crippen LogP contribution in [0, 0.1) is 5.92 Å². The quantitative estimate of drug-likeness (QED) is 0.485. The van der Waals surface area contributed by atoms with Gasteiger partial charge in [0.2, 0.25) is 5.91 Å². The molecule has 7 nitrogen and oxygen atoms in total. The molecule has 2 aliphatic carbocycles. The first-order valence-electron chi connectivity index (χ1n) is 11.9. The van der Waals surface area contributed by atoms with Crippen LogP contribution in [-0.4, -0.2) is 37.0 Å². The topological polar surface area (TPSA) is 96.4 Å². The summed E-state index contributed by atoms with van der Waals surface area (Å²) in [6.07, 6.45) is 5.69. The molecule has 180 valence electrons. The lowest BCUT2D eigenvalue weighted by atomic mass is 10.1. The summed E-state index contributed by atoms with van der Waals surface area (Å²) in [5, 5.41) is 2.84. The van der Waals surface area contributed by atoms with Gasteiger partial charge in [-0.3, -0.25) is 14.5 Å².